The highest BCUT2D eigenvalue weighted by molar-refractivity contribution is 9.10. The van der Waals surface area contributed by atoms with Crippen molar-refractivity contribution in [2.24, 2.45) is 5.41 Å². The normalized spacial score (nSPS) is 27.8. The fraction of sp³-hybridized carbons (Fsp3) is 0.562. The molecule has 1 aromatic carbocycles. The molecule has 1 atom stereocenters. The topological polar surface area (TPSA) is 29.5 Å². The van der Waals surface area contributed by atoms with Gasteiger partial charge in [0.2, 0.25) is 5.91 Å². The van der Waals surface area contributed by atoms with Crippen LogP contribution in [0.1, 0.15) is 33.6 Å². The third-order valence-electron chi connectivity index (χ3n) is 4.35. The van der Waals surface area contributed by atoms with Gasteiger partial charge in [0, 0.05) is 16.3 Å². The lowest BCUT2D eigenvalue weighted by Gasteiger charge is -2.40. The molecule has 0 aromatic heterocycles. The van der Waals surface area contributed by atoms with Gasteiger partial charge in [-0.05, 0) is 38.5 Å². The number of nitrogens with zero attached hydrogens (tertiary/aromatic N) is 1. The Labute approximate surface area is 149 Å². The summed E-state index contributed by atoms with van der Waals surface area (Å²) in [5.74, 6) is 0.744. The van der Waals surface area contributed by atoms with Gasteiger partial charge in [-0.25, -0.2) is 0 Å². The molecule has 1 aromatic rings. The second-order valence-electron chi connectivity index (χ2n) is 7.07. The van der Waals surface area contributed by atoms with E-state index in [2.05, 4.69) is 15.9 Å². The fourth-order valence-electron chi connectivity index (χ4n) is 2.88. The second-order valence-corrected chi connectivity index (χ2v) is 9.47. The smallest absolute Gasteiger partial charge is 0.227 e. The average Bonchev–Trinajstić information content (AvgIpc) is 2.84. The first kappa shape index (κ1) is 16.4. The van der Waals surface area contributed by atoms with Gasteiger partial charge in [0.15, 0.2) is 0 Å². The van der Waals surface area contributed by atoms with Crippen LogP contribution in [-0.2, 0) is 4.79 Å². The van der Waals surface area contributed by atoms with Crippen LogP contribution < -0.4 is 9.64 Å². The van der Waals surface area contributed by atoms with Crippen LogP contribution in [0.25, 0.3) is 0 Å². The predicted octanol–water partition coefficient (Wildman–Crippen LogP) is 4.93. The lowest BCUT2D eigenvalue weighted by Crippen LogP contribution is -2.49. The van der Waals surface area contributed by atoms with Gasteiger partial charge in [0.05, 0.1) is 12.2 Å². The summed E-state index contributed by atoms with van der Waals surface area (Å²) < 4.78 is 6.13. The number of ether oxygens (including phenoxy) is 1. The van der Waals surface area contributed by atoms with E-state index in [0.717, 1.165) is 10.2 Å². The third-order valence-corrected chi connectivity index (χ3v) is 6.02. The monoisotopic (exact) mass is 405 g/mol. The highest BCUT2D eigenvalue weighted by Gasteiger charge is 2.63. The van der Waals surface area contributed by atoms with Gasteiger partial charge in [-0.3, -0.25) is 4.79 Å². The van der Waals surface area contributed by atoms with E-state index < -0.39 is 9.93 Å². The number of rotatable bonds is 2. The number of benzene rings is 1. The van der Waals surface area contributed by atoms with Gasteiger partial charge < -0.3 is 9.64 Å². The maximum atomic E-state index is 12.8. The van der Waals surface area contributed by atoms with Crippen molar-refractivity contribution in [3.63, 3.8) is 0 Å². The van der Waals surface area contributed by atoms with E-state index in [1.54, 1.807) is 4.90 Å². The predicted molar refractivity (Wildman–Crippen MR) is 93.0 cm³/mol. The molecule has 1 fully saturated rings. The molecule has 1 amide bonds. The molecule has 0 spiro atoms. The number of carbonyl (C=O) groups excluding carboxylic acids is 1. The summed E-state index contributed by atoms with van der Waals surface area (Å²) in [6.07, 6.45) is 0.987. The largest absolute Gasteiger partial charge is 0.484 e. The summed E-state index contributed by atoms with van der Waals surface area (Å²) in [5, 5.41) is 0. The molecule has 0 saturated heterocycles. The molecule has 1 aliphatic carbocycles. The molecular weight excluding hydrogens is 389 g/mol. The minimum absolute atomic E-state index is 0.0330. The molecular formula is C16H18BrCl2NO2. The van der Waals surface area contributed by atoms with Gasteiger partial charge in [-0.15, -0.1) is 23.2 Å². The first-order valence-electron chi connectivity index (χ1n) is 7.20. The van der Waals surface area contributed by atoms with Gasteiger partial charge in [0.25, 0.3) is 0 Å². The van der Waals surface area contributed by atoms with Crippen molar-refractivity contribution in [1.29, 1.82) is 0 Å². The second kappa shape index (κ2) is 5.02. The quantitative estimate of drug-likeness (QED) is 0.651. The number of alkyl halides is 2. The van der Waals surface area contributed by atoms with Gasteiger partial charge in [-0.1, -0.05) is 22.9 Å². The van der Waals surface area contributed by atoms with Crippen molar-refractivity contribution < 1.29 is 9.53 Å². The van der Waals surface area contributed by atoms with E-state index in [0.29, 0.717) is 25.1 Å². The third kappa shape index (κ3) is 2.85. The standard InChI is InChI=1S/C16H18BrCl2NO2/c1-14(2)9-20(11-5-4-10(17)6-12(11)22-14)13(21)7-15(3)8-16(15,18)19/h4-6H,7-9H2,1-3H3. The lowest BCUT2D eigenvalue weighted by molar-refractivity contribution is -0.120. The number of fused-ring (bicyclic) bond motifs is 1. The van der Waals surface area contributed by atoms with Crippen molar-refractivity contribution in [2.75, 3.05) is 11.4 Å². The lowest BCUT2D eigenvalue weighted by atomic mass is 10.0. The molecule has 1 saturated carbocycles. The SMILES string of the molecule is CC1(C)CN(C(=O)CC2(C)CC2(Cl)Cl)c2ccc(Br)cc2O1. The zero-order chi connectivity index (χ0) is 16.3. The van der Waals surface area contributed by atoms with E-state index in [-0.39, 0.29) is 11.3 Å². The number of amides is 1. The number of anilines is 1. The fourth-order valence-corrected chi connectivity index (χ4v) is 3.94. The summed E-state index contributed by atoms with van der Waals surface area (Å²) in [4.78, 5) is 14.6. The molecule has 2 aliphatic rings. The van der Waals surface area contributed by atoms with Crippen LogP contribution in [0.2, 0.25) is 0 Å². The zero-order valence-electron chi connectivity index (χ0n) is 12.8. The number of halogens is 3. The van der Waals surface area contributed by atoms with Crippen molar-refractivity contribution in [1.82, 2.24) is 0 Å². The van der Waals surface area contributed by atoms with Crippen molar-refractivity contribution in [3.05, 3.63) is 22.7 Å². The summed E-state index contributed by atoms with van der Waals surface area (Å²) in [6.45, 7) is 6.42. The van der Waals surface area contributed by atoms with Crippen LogP contribution in [0, 0.1) is 5.41 Å². The Kier molecular flexibility index (Phi) is 3.75. The Morgan fingerprint density at radius 3 is 2.59 bits per heavy atom. The van der Waals surface area contributed by atoms with Crippen molar-refractivity contribution in [3.8, 4) is 5.75 Å². The highest BCUT2D eigenvalue weighted by atomic mass is 79.9. The van der Waals surface area contributed by atoms with Crippen molar-refractivity contribution in [2.45, 2.75) is 43.5 Å². The molecule has 6 heteroatoms. The summed E-state index contributed by atoms with van der Waals surface area (Å²) >= 11 is 15.8. The molecule has 1 heterocycles. The molecule has 0 N–H and O–H groups in total. The van der Waals surface area contributed by atoms with E-state index in [4.69, 9.17) is 27.9 Å². The van der Waals surface area contributed by atoms with Crippen LogP contribution in [0.15, 0.2) is 22.7 Å². The summed E-state index contributed by atoms with van der Waals surface area (Å²) in [6, 6.07) is 5.70. The Hall–Kier alpha value is -0.450. The van der Waals surface area contributed by atoms with Gasteiger partial charge in [-0.2, -0.15) is 0 Å². The Bertz CT molecular complexity index is 647. The first-order valence-corrected chi connectivity index (χ1v) is 8.75. The molecule has 1 unspecified atom stereocenters. The number of carbonyl (C=O) groups is 1. The van der Waals surface area contributed by atoms with Crippen molar-refractivity contribution >= 4 is 50.7 Å². The molecule has 120 valence electrons. The number of hydrogen-bond acceptors (Lipinski definition) is 2. The molecule has 0 bridgehead atoms. The first-order chi connectivity index (χ1) is 10.0. The van der Waals surface area contributed by atoms with Crippen LogP contribution >= 0.6 is 39.1 Å². The minimum atomic E-state index is -0.785. The average molecular weight is 407 g/mol. The maximum Gasteiger partial charge on any atom is 0.227 e. The van der Waals surface area contributed by atoms with Crippen LogP contribution in [-0.4, -0.2) is 22.4 Å². The summed E-state index contributed by atoms with van der Waals surface area (Å²) in [5.41, 5.74) is 0.0180. The number of hydrogen-bond donors (Lipinski definition) is 0. The Morgan fingerprint density at radius 2 is 2.00 bits per heavy atom. The minimum Gasteiger partial charge on any atom is -0.484 e. The van der Waals surface area contributed by atoms with E-state index in [9.17, 15) is 4.79 Å². The van der Waals surface area contributed by atoms with Crippen LogP contribution in [0.3, 0.4) is 0 Å². The molecule has 0 radical (unpaired) electrons. The molecule has 3 nitrogen and oxygen atoms in total. The molecule has 3 rings (SSSR count). The van der Waals surface area contributed by atoms with Gasteiger partial charge in [0.1, 0.15) is 15.7 Å². The van der Waals surface area contributed by atoms with E-state index in [1.165, 1.54) is 0 Å². The summed E-state index contributed by atoms with van der Waals surface area (Å²) in [7, 11) is 0. The Morgan fingerprint density at radius 1 is 1.36 bits per heavy atom. The van der Waals surface area contributed by atoms with E-state index >= 15 is 0 Å². The van der Waals surface area contributed by atoms with E-state index in [1.807, 2.05) is 39.0 Å². The zero-order valence-corrected chi connectivity index (χ0v) is 15.8. The maximum absolute atomic E-state index is 12.8. The molecule has 22 heavy (non-hydrogen) atoms. The Balaban J connectivity index is 1.89. The highest BCUT2D eigenvalue weighted by Crippen LogP contribution is 2.65. The van der Waals surface area contributed by atoms with Crippen LogP contribution in [0.4, 0.5) is 5.69 Å². The van der Waals surface area contributed by atoms with Gasteiger partial charge >= 0.3 is 0 Å². The van der Waals surface area contributed by atoms with Crippen LogP contribution in [0.5, 0.6) is 5.75 Å². The molecule has 1 aliphatic heterocycles.